The van der Waals surface area contributed by atoms with Gasteiger partial charge in [-0.1, -0.05) is 25.8 Å². The predicted octanol–water partition coefficient (Wildman–Crippen LogP) is 8.88. The summed E-state index contributed by atoms with van der Waals surface area (Å²) in [6.45, 7) is 2.02. The Labute approximate surface area is 188 Å². The number of halogens is 8. The summed E-state index contributed by atoms with van der Waals surface area (Å²) in [5, 5.41) is 0. The van der Waals surface area contributed by atoms with E-state index in [4.69, 9.17) is 0 Å². The summed E-state index contributed by atoms with van der Waals surface area (Å²) < 4.78 is 114. The van der Waals surface area contributed by atoms with Crippen LogP contribution in [0.2, 0.25) is 0 Å². The van der Waals surface area contributed by atoms with Crippen LogP contribution in [0.25, 0.3) is 0 Å². The Morgan fingerprint density at radius 3 is 1.76 bits per heavy atom. The third-order valence-electron chi connectivity index (χ3n) is 7.39. The van der Waals surface area contributed by atoms with Crippen LogP contribution in [0.4, 0.5) is 35.1 Å². The lowest BCUT2D eigenvalue weighted by atomic mass is 9.70. The maximum atomic E-state index is 15.0. The molecule has 9 heteroatoms. The van der Waals surface area contributed by atoms with E-state index in [-0.39, 0.29) is 44.4 Å². The first kappa shape index (κ1) is 26.1. The lowest BCUT2D eigenvalue weighted by Crippen LogP contribution is -2.52. The van der Waals surface area contributed by atoms with Crippen LogP contribution in [0.5, 0.6) is 5.75 Å². The minimum atomic E-state index is -5.04. The van der Waals surface area contributed by atoms with Gasteiger partial charge in [-0.2, -0.15) is 17.6 Å². The van der Waals surface area contributed by atoms with Gasteiger partial charge in [0.15, 0.2) is 11.6 Å². The Morgan fingerprint density at radius 2 is 1.30 bits per heavy atom. The molecule has 0 heterocycles. The molecule has 3 rings (SSSR count). The van der Waals surface area contributed by atoms with Gasteiger partial charge in [0.25, 0.3) is 0 Å². The Kier molecular flexibility index (Phi) is 7.89. The fraction of sp³-hybridized carbons (Fsp3) is 0.750. The highest BCUT2D eigenvalue weighted by Crippen LogP contribution is 2.54. The van der Waals surface area contributed by atoms with Crippen LogP contribution in [-0.4, -0.2) is 18.2 Å². The minimum absolute atomic E-state index is 0.105. The van der Waals surface area contributed by atoms with Crippen molar-refractivity contribution in [3.8, 4) is 5.75 Å². The van der Waals surface area contributed by atoms with E-state index in [0.717, 1.165) is 25.0 Å². The van der Waals surface area contributed by atoms with Crippen molar-refractivity contribution in [3.05, 3.63) is 29.6 Å². The molecule has 2 saturated carbocycles. The van der Waals surface area contributed by atoms with E-state index < -0.39 is 41.6 Å². The van der Waals surface area contributed by atoms with Gasteiger partial charge in [0, 0.05) is 11.8 Å². The van der Waals surface area contributed by atoms with Crippen LogP contribution in [0, 0.1) is 23.6 Å². The van der Waals surface area contributed by atoms with Crippen molar-refractivity contribution in [1.82, 2.24) is 0 Å². The Morgan fingerprint density at radius 1 is 0.788 bits per heavy atom. The minimum Gasteiger partial charge on any atom is -0.403 e. The third kappa shape index (κ3) is 5.94. The van der Waals surface area contributed by atoms with Crippen molar-refractivity contribution in [2.45, 2.75) is 95.3 Å². The monoisotopic (exact) mass is 486 g/mol. The van der Waals surface area contributed by atoms with Crippen molar-refractivity contribution in [2.24, 2.45) is 17.8 Å². The van der Waals surface area contributed by atoms with Crippen LogP contribution >= 0.6 is 0 Å². The van der Waals surface area contributed by atoms with E-state index in [1.165, 1.54) is 6.07 Å². The molecule has 33 heavy (non-hydrogen) atoms. The molecule has 2 fully saturated rings. The van der Waals surface area contributed by atoms with Crippen molar-refractivity contribution in [1.29, 1.82) is 0 Å². The van der Waals surface area contributed by atoms with Gasteiger partial charge in [-0.25, -0.2) is 4.39 Å². The zero-order valence-corrected chi connectivity index (χ0v) is 18.5. The van der Waals surface area contributed by atoms with Crippen LogP contribution < -0.4 is 4.74 Å². The SMILES string of the molecule is CCCC1CCC(C(F)(F)C(F)(F)C2CCC(c3ccc(OC(F)(F)F)c(F)c3)CC2)CC1. The molecular formula is C24H30F8O. The summed E-state index contributed by atoms with van der Waals surface area (Å²) in [6.07, 6.45) is -1.86. The second-order valence-corrected chi connectivity index (χ2v) is 9.54. The summed E-state index contributed by atoms with van der Waals surface area (Å²) in [5.74, 6) is -13.2. The molecule has 188 valence electrons. The van der Waals surface area contributed by atoms with Gasteiger partial charge in [0.05, 0.1) is 0 Å². The number of ether oxygens (including phenoxy) is 1. The zero-order chi connectivity index (χ0) is 24.4. The standard InChI is InChI=1S/C24H30F8O/c1-2-3-15-4-9-18(10-5-15)22(26,27)23(28,29)19-11-6-16(7-12-19)17-8-13-21(20(25)14-17)33-24(30,31)32/h8,13-16,18-19H,2-7,9-12H2,1H3. The highest BCUT2D eigenvalue weighted by molar-refractivity contribution is 5.31. The van der Waals surface area contributed by atoms with E-state index in [9.17, 15) is 35.1 Å². The fourth-order valence-electron chi connectivity index (χ4n) is 5.53. The van der Waals surface area contributed by atoms with E-state index in [1.807, 2.05) is 6.92 Å². The van der Waals surface area contributed by atoms with E-state index >= 15 is 0 Å². The number of benzene rings is 1. The van der Waals surface area contributed by atoms with Crippen molar-refractivity contribution in [2.75, 3.05) is 0 Å². The molecule has 0 radical (unpaired) electrons. The lowest BCUT2D eigenvalue weighted by Gasteiger charge is -2.42. The number of hydrogen-bond donors (Lipinski definition) is 0. The molecule has 2 aliphatic rings. The molecule has 0 spiro atoms. The highest BCUT2D eigenvalue weighted by Gasteiger charge is 2.64. The normalized spacial score (nSPS) is 27.4. The van der Waals surface area contributed by atoms with E-state index in [2.05, 4.69) is 4.74 Å². The maximum Gasteiger partial charge on any atom is 0.573 e. The largest absolute Gasteiger partial charge is 0.573 e. The molecule has 1 aromatic rings. The third-order valence-corrected chi connectivity index (χ3v) is 7.39. The summed E-state index contributed by atoms with van der Waals surface area (Å²) in [7, 11) is 0. The van der Waals surface area contributed by atoms with Crippen LogP contribution in [0.1, 0.15) is 82.6 Å². The van der Waals surface area contributed by atoms with Crippen LogP contribution in [0.3, 0.4) is 0 Å². The second kappa shape index (κ2) is 9.98. The molecule has 0 N–H and O–H groups in total. The molecule has 0 aliphatic heterocycles. The maximum absolute atomic E-state index is 15.0. The van der Waals surface area contributed by atoms with Gasteiger partial charge in [0.1, 0.15) is 0 Å². The summed E-state index contributed by atoms with van der Waals surface area (Å²) >= 11 is 0. The Hall–Kier alpha value is -1.54. The molecule has 0 aromatic heterocycles. The zero-order valence-electron chi connectivity index (χ0n) is 18.5. The lowest BCUT2D eigenvalue weighted by molar-refractivity contribution is -0.275. The molecule has 1 aromatic carbocycles. The summed E-state index contributed by atoms with van der Waals surface area (Å²) in [5.41, 5.74) is 0.352. The van der Waals surface area contributed by atoms with Crippen molar-refractivity contribution >= 4 is 0 Å². The molecule has 0 atom stereocenters. The molecule has 1 nitrogen and oxygen atoms in total. The summed E-state index contributed by atoms with van der Waals surface area (Å²) in [4.78, 5) is 0. The fourth-order valence-corrected chi connectivity index (χ4v) is 5.53. The molecule has 2 aliphatic carbocycles. The van der Waals surface area contributed by atoms with Gasteiger partial charge in [0.2, 0.25) is 0 Å². The first-order valence-corrected chi connectivity index (χ1v) is 11.7. The van der Waals surface area contributed by atoms with Crippen molar-refractivity contribution < 1.29 is 39.9 Å². The molecular weight excluding hydrogens is 456 g/mol. The predicted molar refractivity (Wildman–Crippen MR) is 108 cm³/mol. The topological polar surface area (TPSA) is 9.23 Å². The van der Waals surface area contributed by atoms with Crippen LogP contribution in [0.15, 0.2) is 18.2 Å². The van der Waals surface area contributed by atoms with Gasteiger partial charge < -0.3 is 4.74 Å². The number of hydrogen-bond acceptors (Lipinski definition) is 1. The average molecular weight is 486 g/mol. The molecule has 0 amide bonds. The first-order valence-electron chi connectivity index (χ1n) is 11.7. The van der Waals surface area contributed by atoms with Gasteiger partial charge in [-0.05, 0) is 80.9 Å². The number of alkyl halides is 7. The van der Waals surface area contributed by atoms with Gasteiger partial charge in [-0.15, -0.1) is 13.2 Å². The molecule has 0 bridgehead atoms. The Bertz CT molecular complexity index is 775. The Balaban J connectivity index is 1.61. The van der Waals surface area contributed by atoms with Gasteiger partial charge >= 0.3 is 18.2 Å². The average Bonchev–Trinajstić information content (AvgIpc) is 2.75. The van der Waals surface area contributed by atoms with Crippen molar-refractivity contribution in [3.63, 3.8) is 0 Å². The highest BCUT2D eigenvalue weighted by atomic mass is 19.4. The summed E-state index contributed by atoms with van der Waals surface area (Å²) in [6, 6.07) is 3.01. The quantitative estimate of drug-likeness (QED) is 0.350. The van der Waals surface area contributed by atoms with Crippen LogP contribution in [-0.2, 0) is 0 Å². The van der Waals surface area contributed by atoms with Gasteiger partial charge in [-0.3, -0.25) is 0 Å². The van der Waals surface area contributed by atoms with E-state index in [0.29, 0.717) is 24.3 Å². The first-order chi connectivity index (χ1) is 15.3. The number of rotatable bonds is 7. The smallest absolute Gasteiger partial charge is 0.403 e. The second-order valence-electron chi connectivity index (χ2n) is 9.54. The molecule has 0 unspecified atom stereocenters. The molecule has 0 saturated heterocycles. The van der Waals surface area contributed by atoms with E-state index in [1.54, 1.807) is 0 Å².